The molecular weight excluding hydrogens is 1020 g/mol. The van der Waals surface area contributed by atoms with E-state index >= 15 is 0 Å². The van der Waals surface area contributed by atoms with E-state index in [0.717, 1.165) is 16.0 Å². The summed E-state index contributed by atoms with van der Waals surface area (Å²) in [6.07, 6.45) is 4.10. The Morgan fingerprint density at radius 3 is 2.22 bits per heavy atom. The van der Waals surface area contributed by atoms with E-state index in [-0.39, 0.29) is 51.6 Å². The molecular formula is C51H80BrN11O11. The summed E-state index contributed by atoms with van der Waals surface area (Å²) in [5.41, 5.74) is 6.75. The SMILES string of the molecule is CC(C)C.CCC.Cc1cnc(NC(=O)Nc2cc(Br)c(C)cc2OCC2CN(C(=O)OCc3ccc(NC(=O)C(CCCNC(N)=O)NC(=O)CNC(=O)CC(C)(C)OCCC(C)(C)ON)cc3)CCO2)cn1. The maximum Gasteiger partial charge on any atom is 0.410 e. The summed E-state index contributed by atoms with van der Waals surface area (Å²) in [7, 11) is 0. The van der Waals surface area contributed by atoms with Crippen LogP contribution in [-0.2, 0) is 40.0 Å². The molecule has 10 N–H and O–H groups in total. The zero-order chi connectivity index (χ0) is 55.4. The number of rotatable bonds is 23. The number of ether oxygens (including phenoxy) is 4. The van der Waals surface area contributed by atoms with Gasteiger partial charge in [-0.05, 0) is 95.7 Å². The molecule has 412 valence electrons. The van der Waals surface area contributed by atoms with Gasteiger partial charge in [0.25, 0.3) is 0 Å². The van der Waals surface area contributed by atoms with Crippen molar-refractivity contribution in [2.75, 3.05) is 62.0 Å². The van der Waals surface area contributed by atoms with Crippen LogP contribution in [0.5, 0.6) is 5.75 Å². The van der Waals surface area contributed by atoms with Crippen LogP contribution in [0.3, 0.4) is 0 Å². The Hall–Kier alpha value is -6.14. The van der Waals surface area contributed by atoms with Crippen LogP contribution in [0.1, 0.15) is 111 Å². The summed E-state index contributed by atoms with van der Waals surface area (Å²) >= 11 is 3.50. The van der Waals surface area contributed by atoms with E-state index < -0.39 is 65.8 Å². The van der Waals surface area contributed by atoms with Crippen molar-refractivity contribution in [2.24, 2.45) is 17.5 Å². The second kappa shape index (κ2) is 32.9. The smallest absolute Gasteiger partial charge is 0.410 e. The number of nitrogens with zero attached hydrogens (tertiary/aromatic N) is 3. The second-order valence-corrected chi connectivity index (χ2v) is 20.2. The van der Waals surface area contributed by atoms with E-state index in [0.29, 0.717) is 54.4 Å². The van der Waals surface area contributed by atoms with Gasteiger partial charge < -0.3 is 56.2 Å². The average Bonchev–Trinajstić information content (AvgIpc) is 3.32. The van der Waals surface area contributed by atoms with Crippen LogP contribution >= 0.6 is 15.9 Å². The van der Waals surface area contributed by atoms with Crippen molar-refractivity contribution in [3.8, 4) is 5.75 Å². The molecule has 1 aliphatic heterocycles. The maximum absolute atomic E-state index is 13.4. The predicted octanol–water partition coefficient (Wildman–Crippen LogP) is 7.23. The number of hydrogen-bond acceptors (Lipinski definition) is 14. The lowest BCUT2D eigenvalue weighted by Crippen LogP contribution is -2.48. The molecule has 1 aliphatic rings. The van der Waals surface area contributed by atoms with Crippen LogP contribution in [0.2, 0.25) is 0 Å². The van der Waals surface area contributed by atoms with E-state index in [1.54, 1.807) is 57.2 Å². The molecule has 2 atom stereocenters. The highest BCUT2D eigenvalue weighted by Crippen LogP contribution is 2.32. The molecule has 1 aromatic heterocycles. The minimum atomic E-state index is -1.03. The Bertz CT molecular complexity index is 2230. The van der Waals surface area contributed by atoms with Crippen molar-refractivity contribution >= 4 is 69.0 Å². The molecule has 23 heteroatoms. The monoisotopic (exact) mass is 1100 g/mol. The van der Waals surface area contributed by atoms with E-state index in [4.69, 9.17) is 35.4 Å². The molecule has 1 saturated heterocycles. The number of morpholine rings is 1. The van der Waals surface area contributed by atoms with Gasteiger partial charge in [-0.25, -0.2) is 25.3 Å². The number of benzene rings is 2. The van der Waals surface area contributed by atoms with E-state index in [1.807, 2.05) is 20.8 Å². The summed E-state index contributed by atoms with van der Waals surface area (Å²) in [4.78, 5) is 90.8. The molecule has 8 amide bonds. The first-order valence-corrected chi connectivity index (χ1v) is 25.5. The number of primary amides is 1. The first-order chi connectivity index (χ1) is 34.8. The van der Waals surface area contributed by atoms with Gasteiger partial charge >= 0.3 is 18.2 Å². The fraction of sp³-hybridized carbons (Fsp3) is 0.569. The van der Waals surface area contributed by atoms with Gasteiger partial charge in [-0.2, -0.15) is 0 Å². The van der Waals surface area contributed by atoms with Gasteiger partial charge in [-0.1, -0.05) is 69.1 Å². The highest BCUT2D eigenvalue weighted by molar-refractivity contribution is 9.10. The first-order valence-electron chi connectivity index (χ1n) is 24.7. The van der Waals surface area contributed by atoms with Crippen molar-refractivity contribution < 1.29 is 52.6 Å². The van der Waals surface area contributed by atoms with E-state index in [1.165, 1.54) is 23.7 Å². The van der Waals surface area contributed by atoms with E-state index in [2.05, 4.69) is 92.4 Å². The largest absolute Gasteiger partial charge is 0.489 e. The molecule has 4 rings (SSSR count). The number of halogens is 1. The molecule has 2 heterocycles. The van der Waals surface area contributed by atoms with E-state index in [9.17, 15) is 28.8 Å². The summed E-state index contributed by atoms with van der Waals surface area (Å²) < 4.78 is 24.2. The molecule has 22 nitrogen and oxygen atoms in total. The Balaban J connectivity index is 0.00000252. The zero-order valence-electron chi connectivity index (χ0n) is 44.9. The van der Waals surface area contributed by atoms with Crippen LogP contribution in [0.4, 0.5) is 31.6 Å². The van der Waals surface area contributed by atoms with Gasteiger partial charge in [0.1, 0.15) is 31.1 Å². The molecule has 74 heavy (non-hydrogen) atoms. The Morgan fingerprint density at radius 2 is 1.59 bits per heavy atom. The van der Waals surface area contributed by atoms with Crippen molar-refractivity contribution in [3.05, 3.63) is 70.1 Å². The lowest BCUT2D eigenvalue weighted by atomic mass is 10.0. The number of anilines is 3. The predicted molar refractivity (Wildman–Crippen MR) is 287 cm³/mol. The van der Waals surface area contributed by atoms with Crippen molar-refractivity contribution in [3.63, 3.8) is 0 Å². The second-order valence-electron chi connectivity index (χ2n) is 19.4. The fourth-order valence-electron chi connectivity index (χ4n) is 6.26. The maximum atomic E-state index is 13.4. The molecule has 0 radical (unpaired) electrons. The van der Waals surface area contributed by atoms with Crippen molar-refractivity contribution in [1.29, 1.82) is 0 Å². The molecule has 0 saturated carbocycles. The number of carbonyl (C=O) groups is 6. The fourth-order valence-corrected chi connectivity index (χ4v) is 6.60. The average molecular weight is 1100 g/mol. The van der Waals surface area contributed by atoms with Gasteiger partial charge in [0.2, 0.25) is 17.7 Å². The van der Waals surface area contributed by atoms with Gasteiger partial charge in [-0.15, -0.1) is 0 Å². The molecule has 0 spiro atoms. The Morgan fingerprint density at radius 1 is 0.919 bits per heavy atom. The topological polar surface area (TPSA) is 302 Å². The molecule has 1 fully saturated rings. The summed E-state index contributed by atoms with van der Waals surface area (Å²) in [6, 6.07) is 7.80. The molecule has 2 unspecified atom stereocenters. The standard InChI is InChI=1S/C44H62BrN11O11.C4H10.C3H8/c1-27-18-35(34(19-32(27)45)54-41(61)55-36-22-49-28(2)21-50-36)64-26-31-24-56(15-17-63-31)42(62)65-25-29-9-11-30(12-10-29)52-39(59)33(8-7-14-48-40(46)60)53-38(58)23-51-37(57)20-44(5,6)66-16-13-43(3,4)67-47;1-4(2)3;1-3-2/h9-12,18-19,21-22,31,33H,7-8,13-17,20,23-26,47H2,1-6H3,(H,51,57)(H,52,59)(H,53,58)(H3,46,48,60)(H2,50,54,55,61);4H,1-3H3;3H2,1-2H3. The van der Waals surface area contributed by atoms with Crippen LogP contribution in [0, 0.1) is 19.8 Å². The van der Waals surface area contributed by atoms with Crippen LogP contribution in [-0.4, -0.2) is 120 Å². The quantitative estimate of drug-likeness (QED) is 0.0343. The number of urea groups is 2. The number of nitrogens with one attached hydrogen (secondary N) is 6. The zero-order valence-corrected chi connectivity index (χ0v) is 46.5. The summed E-state index contributed by atoms with van der Waals surface area (Å²) in [5, 5.41) is 15.8. The molecule has 3 aromatic rings. The van der Waals surface area contributed by atoms with Gasteiger partial charge in [0, 0.05) is 29.7 Å². The van der Waals surface area contributed by atoms with Crippen molar-refractivity contribution in [2.45, 2.75) is 138 Å². The van der Waals surface area contributed by atoms with Crippen LogP contribution in [0.25, 0.3) is 0 Å². The minimum Gasteiger partial charge on any atom is -0.489 e. The number of hydrogen-bond donors (Lipinski definition) is 8. The number of carbonyl (C=O) groups excluding carboxylic acids is 6. The Labute approximate surface area is 444 Å². The first kappa shape index (κ1) is 64.0. The third-order valence-electron chi connectivity index (χ3n) is 10.1. The van der Waals surface area contributed by atoms with Gasteiger partial charge in [0.05, 0.1) is 67.7 Å². The minimum absolute atomic E-state index is 0.0319. The number of aromatic nitrogens is 2. The van der Waals surface area contributed by atoms with Crippen molar-refractivity contribution in [1.82, 2.24) is 30.8 Å². The number of nitrogens with two attached hydrogens (primary N) is 2. The highest BCUT2D eigenvalue weighted by atomic mass is 79.9. The number of aryl methyl sites for hydroxylation is 2. The lowest BCUT2D eigenvalue weighted by Gasteiger charge is -2.32. The normalized spacial score (nSPS) is 13.6. The lowest BCUT2D eigenvalue weighted by molar-refractivity contribution is -0.132. The van der Waals surface area contributed by atoms with Gasteiger partial charge in [0.15, 0.2) is 5.82 Å². The van der Waals surface area contributed by atoms with Crippen LogP contribution in [0.15, 0.2) is 53.3 Å². The summed E-state index contributed by atoms with van der Waals surface area (Å²) in [5.74, 6) is 5.23. The third-order valence-corrected chi connectivity index (χ3v) is 11.0. The molecule has 0 bridgehead atoms. The highest BCUT2D eigenvalue weighted by Gasteiger charge is 2.28. The van der Waals surface area contributed by atoms with Crippen LogP contribution < -0.4 is 48.3 Å². The number of amides is 8. The third kappa shape index (κ3) is 26.7. The summed E-state index contributed by atoms with van der Waals surface area (Å²) in [6.45, 7) is 22.4. The Kier molecular flexibility index (Phi) is 28.5. The van der Waals surface area contributed by atoms with Gasteiger partial charge in [-0.3, -0.25) is 29.5 Å². The molecule has 0 aliphatic carbocycles. The molecule has 2 aromatic carbocycles.